The number of hydrogen-bond acceptors (Lipinski definition) is 3. The van der Waals surface area contributed by atoms with E-state index in [9.17, 15) is 0 Å². The molecule has 1 saturated carbocycles. The third kappa shape index (κ3) is 4.73. The predicted octanol–water partition coefficient (Wildman–Crippen LogP) is 5.30. The highest BCUT2D eigenvalue weighted by Gasteiger charge is 2.30. The van der Waals surface area contributed by atoms with Crippen molar-refractivity contribution in [3.05, 3.63) is 23.8 Å². The molecule has 0 bridgehead atoms. The molecule has 0 radical (unpaired) electrons. The van der Waals surface area contributed by atoms with Gasteiger partial charge in [0.2, 0.25) is 0 Å². The molecule has 1 aliphatic carbocycles. The van der Waals surface area contributed by atoms with Crippen LogP contribution in [-0.4, -0.2) is 44.7 Å². The second kappa shape index (κ2) is 8.65. The van der Waals surface area contributed by atoms with E-state index < -0.39 is 0 Å². The van der Waals surface area contributed by atoms with Gasteiger partial charge in [-0.15, -0.1) is 0 Å². The van der Waals surface area contributed by atoms with Crippen LogP contribution in [0.25, 0.3) is 0 Å². The Balaban J connectivity index is 1.73. The number of hydrogen-bond donors (Lipinski definition) is 0. The van der Waals surface area contributed by atoms with E-state index in [4.69, 9.17) is 4.74 Å². The normalized spacial score (nSPS) is 21.8. The Morgan fingerprint density at radius 1 is 1.08 bits per heavy atom. The number of ether oxygens (including phenoxy) is 1. The van der Waals surface area contributed by atoms with E-state index in [1.807, 2.05) is 0 Å². The molecule has 0 atom stereocenters. The molecule has 3 rings (SSSR count). The van der Waals surface area contributed by atoms with E-state index in [2.05, 4.69) is 48.8 Å². The summed E-state index contributed by atoms with van der Waals surface area (Å²) in [6.45, 7) is 13.0. The minimum Gasteiger partial charge on any atom is -0.497 e. The second-order valence-electron chi connectivity index (χ2n) is 9.05. The molecule has 0 N–H and O–H groups in total. The minimum absolute atomic E-state index is 0.522. The standard InChI is InChI=1S/C23H38N2O/c1-5-6-13-24-14-16-25(17-15-24)22-18-20(26-4)7-8-21(22)19-9-11-23(2,3)12-10-19/h7-8,18-19H,5-6,9-17H2,1-4H3. The maximum absolute atomic E-state index is 5.56. The lowest BCUT2D eigenvalue weighted by Crippen LogP contribution is -2.47. The maximum Gasteiger partial charge on any atom is 0.120 e. The summed E-state index contributed by atoms with van der Waals surface area (Å²) in [7, 11) is 1.78. The van der Waals surface area contributed by atoms with Gasteiger partial charge in [-0.3, -0.25) is 4.90 Å². The molecule has 1 aromatic rings. The van der Waals surface area contributed by atoms with Crippen LogP contribution in [0.3, 0.4) is 0 Å². The van der Waals surface area contributed by atoms with Crippen LogP contribution >= 0.6 is 0 Å². The van der Waals surface area contributed by atoms with Gasteiger partial charge in [-0.05, 0) is 61.6 Å². The number of methoxy groups -OCH3 is 1. The van der Waals surface area contributed by atoms with Crippen LogP contribution in [0.1, 0.15) is 70.8 Å². The summed E-state index contributed by atoms with van der Waals surface area (Å²) >= 11 is 0. The average molecular weight is 359 g/mol. The monoisotopic (exact) mass is 358 g/mol. The predicted molar refractivity (Wildman–Crippen MR) is 112 cm³/mol. The van der Waals surface area contributed by atoms with Gasteiger partial charge in [0.1, 0.15) is 5.75 Å². The van der Waals surface area contributed by atoms with Crippen molar-refractivity contribution in [2.24, 2.45) is 5.41 Å². The Hall–Kier alpha value is -1.22. The lowest BCUT2D eigenvalue weighted by Gasteiger charge is -2.40. The van der Waals surface area contributed by atoms with Crippen LogP contribution in [0.15, 0.2) is 18.2 Å². The van der Waals surface area contributed by atoms with Crippen LogP contribution in [0.4, 0.5) is 5.69 Å². The highest BCUT2D eigenvalue weighted by atomic mass is 16.5. The molecule has 26 heavy (non-hydrogen) atoms. The van der Waals surface area contributed by atoms with Crippen molar-refractivity contribution < 1.29 is 4.74 Å². The first-order valence-electron chi connectivity index (χ1n) is 10.7. The highest BCUT2D eigenvalue weighted by molar-refractivity contribution is 5.59. The lowest BCUT2D eigenvalue weighted by atomic mass is 9.71. The van der Waals surface area contributed by atoms with Crippen LogP contribution in [-0.2, 0) is 0 Å². The topological polar surface area (TPSA) is 15.7 Å². The van der Waals surface area contributed by atoms with Crippen molar-refractivity contribution in [2.45, 2.75) is 65.2 Å². The molecular formula is C23H38N2O. The van der Waals surface area contributed by atoms with Crippen LogP contribution in [0, 0.1) is 5.41 Å². The van der Waals surface area contributed by atoms with E-state index in [-0.39, 0.29) is 0 Å². The van der Waals surface area contributed by atoms with Gasteiger partial charge in [-0.1, -0.05) is 33.3 Å². The molecular weight excluding hydrogens is 320 g/mol. The number of benzene rings is 1. The molecule has 1 aliphatic heterocycles. The van der Waals surface area contributed by atoms with Gasteiger partial charge in [0.25, 0.3) is 0 Å². The molecule has 1 saturated heterocycles. The highest BCUT2D eigenvalue weighted by Crippen LogP contribution is 2.45. The molecule has 1 aromatic carbocycles. The Morgan fingerprint density at radius 3 is 2.38 bits per heavy atom. The fourth-order valence-corrected chi connectivity index (χ4v) is 4.57. The maximum atomic E-state index is 5.56. The quantitative estimate of drug-likeness (QED) is 0.686. The van der Waals surface area contributed by atoms with Crippen molar-refractivity contribution >= 4 is 5.69 Å². The van der Waals surface area contributed by atoms with Crippen molar-refractivity contribution in [2.75, 3.05) is 44.7 Å². The Labute approximate surface area is 160 Å². The summed E-state index contributed by atoms with van der Waals surface area (Å²) in [5.41, 5.74) is 3.51. The first-order chi connectivity index (χ1) is 12.5. The Morgan fingerprint density at radius 2 is 1.77 bits per heavy atom. The number of piperazine rings is 1. The van der Waals surface area contributed by atoms with Gasteiger partial charge in [0.15, 0.2) is 0 Å². The zero-order chi connectivity index (χ0) is 18.6. The first kappa shape index (κ1) is 19.5. The number of nitrogens with zero attached hydrogens (tertiary/aromatic N) is 2. The summed E-state index contributed by atoms with van der Waals surface area (Å²) < 4.78 is 5.56. The van der Waals surface area contributed by atoms with E-state index in [1.54, 1.807) is 12.7 Å². The van der Waals surface area contributed by atoms with Crippen LogP contribution in [0.2, 0.25) is 0 Å². The molecule has 3 heteroatoms. The van der Waals surface area contributed by atoms with Gasteiger partial charge < -0.3 is 9.64 Å². The van der Waals surface area contributed by atoms with E-state index >= 15 is 0 Å². The molecule has 146 valence electrons. The lowest BCUT2D eigenvalue weighted by molar-refractivity contribution is 0.224. The SMILES string of the molecule is CCCCN1CCN(c2cc(OC)ccc2C2CCC(C)(C)CC2)CC1. The number of anilines is 1. The molecule has 1 heterocycles. The third-order valence-corrected chi connectivity index (χ3v) is 6.56. The largest absolute Gasteiger partial charge is 0.497 e. The van der Waals surface area contributed by atoms with E-state index in [1.165, 1.54) is 63.8 Å². The summed E-state index contributed by atoms with van der Waals surface area (Å²) in [4.78, 5) is 5.24. The van der Waals surface area contributed by atoms with Gasteiger partial charge in [-0.2, -0.15) is 0 Å². The summed E-state index contributed by atoms with van der Waals surface area (Å²) in [5, 5.41) is 0. The van der Waals surface area contributed by atoms with Crippen molar-refractivity contribution in [3.63, 3.8) is 0 Å². The van der Waals surface area contributed by atoms with Gasteiger partial charge >= 0.3 is 0 Å². The van der Waals surface area contributed by atoms with Crippen molar-refractivity contribution in [1.29, 1.82) is 0 Å². The number of unbranched alkanes of at least 4 members (excludes halogenated alkanes) is 1. The molecule has 2 fully saturated rings. The molecule has 0 spiro atoms. The Bertz CT molecular complexity index is 566. The second-order valence-corrected chi connectivity index (χ2v) is 9.05. The van der Waals surface area contributed by atoms with Gasteiger partial charge in [0, 0.05) is 37.9 Å². The van der Waals surface area contributed by atoms with Crippen molar-refractivity contribution in [3.8, 4) is 5.75 Å². The molecule has 2 aliphatic rings. The molecule has 0 unspecified atom stereocenters. The first-order valence-corrected chi connectivity index (χ1v) is 10.7. The van der Waals surface area contributed by atoms with Gasteiger partial charge in [0.05, 0.1) is 7.11 Å². The number of rotatable bonds is 6. The smallest absolute Gasteiger partial charge is 0.120 e. The summed E-state index contributed by atoms with van der Waals surface area (Å²) in [6, 6.07) is 6.80. The molecule has 0 aromatic heterocycles. The summed E-state index contributed by atoms with van der Waals surface area (Å²) in [6.07, 6.45) is 7.94. The Kier molecular flexibility index (Phi) is 6.50. The molecule has 3 nitrogen and oxygen atoms in total. The average Bonchev–Trinajstić information content (AvgIpc) is 2.66. The zero-order valence-electron chi connectivity index (χ0n) is 17.4. The fourth-order valence-electron chi connectivity index (χ4n) is 4.57. The zero-order valence-corrected chi connectivity index (χ0v) is 17.4. The van der Waals surface area contributed by atoms with Crippen molar-refractivity contribution in [1.82, 2.24) is 4.90 Å². The summed E-state index contributed by atoms with van der Waals surface area (Å²) in [5.74, 6) is 1.70. The van der Waals surface area contributed by atoms with E-state index in [0.717, 1.165) is 18.8 Å². The van der Waals surface area contributed by atoms with Crippen LogP contribution < -0.4 is 9.64 Å². The van der Waals surface area contributed by atoms with E-state index in [0.29, 0.717) is 11.3 Å². The third-order valence-electron chi connectivity index (χ3n) is 6.56. The molecule has 0 amide bonds. The van der Waals surface area contributed by atoms with Crippen LogP contribution in [0.5, 0.6) is 5.75 Å². The fraction of sp³-hybridized carbons (Fsp3) is 0.739. The minimum atomic E-state index is 0.522. The van der Waals surface area contributed by atoms with Gasteiger partial charge in [-0.25, -0.2) is 0 Å².